The quantitative estimate of drug-likeness (QED) is 0.449. The molecule has 0 aliphatic rings. The fraction of sp³-hybridized carbons (Fsp3) is 0.308. The molecule has 0 fully saturated rings. The SMILES string of the molecule is CC(C)S(=O)(=O)/N=C(\[O-])c1c[n+](C)nc2ccccc12. The van der Waals surface area contributed by atoms with E-state index in [0.29, 0.717) is 10.9 Å². The highest BCUT2D eigenvalue weighted by atomic mass is 32.2. The molecule has 20 heavy (non-hydrogen) atoms. The van der Waals surface area contributed by atoms with Crippen LogP contribution in [0.15, 0.2) is 34.9 Å². The van der Waals surface area contributed by atoms with Gasteiger partial charge in [-0.05, 0) is 25.0 Å². The molecular formula is C13H15N3O3S. The average molecular weight is 293 g/mol. The van der Waals surface area contributed by atoms with Gasteiger partial charge in [-0.15, -0.1) is 0 Å². The molecule has 106 valence electrons. The van der Waals surface area contributed by atoms with Crippen LogP contribution in [0, 0.1) is 0 Å². The van der Waals surface area contributed by atoms with Gasteiger partial charge in [-0.25, -0.2) is 8.42 Å². The molecule has 1 heterocycles. The van der Waals surface area contributed by atoms with Crippen molar-refractivity contribution in [3.63, 3.8) is 0 Å². The van der Waals surface area contributed by atoms with Crippen LogP contribution in [-0.4, -0.2) is 24.7 Å². The molecule has 0 bridgehead atoms. The number of fused-ring (bicyclic) bond motifs is 1. The zero-order valence-corrected chi connectivity index (χ0v) is 12.3. The molecule has 2 aromatic rings. The lowest BCUT2D eigenvalue weighted by Crippen LogP contribution is -2.35. The number of nitrogens with zero attached hydrogens (tertiary/aromatic N) is 3. The summed E-state index contributed by atoms with van der Waals surface area (Å²) in [4.78, 5) is 0. The molecule has 0 radical (unpaired) electrons. The predicted molar refractivity (Wildman–Crippen MR) is 73.5 cm³/mol. The number of benzene rings is 1. The molecule has 0 spiro atoms. The molecule has 0 aliphatic carbocycles. The topological polar surface area (TPSA) is 86.3 Å². The summed E-state index contributed by atoms with van der Waals surface area (Å²) in [5.74, 6) is -0.770. The minimum Gasteiger partial charge on any atom is -0.857 e. The lowest BCUT2D eigenvalue weighted by Gasteiger charge is -2.12. The number of hydrogen-bond donors (Lipinski definition) is 0. The number of rotatable bonds is 3. The molecule has 0 N–H and O–H groups in total. The van der Waals surface area contributed by atoms with E-state index >= 15 is 0 Å². The summed E-state index contributed by atoms with van der Waals surface area (Å²) in [6.07, 6.45) is 1.48. The first-order chi connectivity index (χ1) is 9.31. The molecule has 1 aromatic heterocycles. The minimum atomic E-state index is -3.78. The Kier molecular flexibility index (Phi) is 3.71. The molecule has 0 saturated carbocycles. The number of aryl methyl sites for hydroxylation is 1. The number of sulfonamides is 1. The van der Waals surface area contributed by atoms with Crippen LogP contribution in [-0.2, 0) is 17.1 Å². The molecule has 0 unspecified atom stereocenters. The average Bonchev–Trinajstić information content (AvgIpc) is 2.36. The maximum Gasteiger partial charge on any atom is 0.254 e. The number of hydrogen-bond acceptors (Lipinski definition) is 4. The second-order valence-corrected chi connectivity index (χ2v) is 6.85. The summed E-state index contributed by atoms with van der Waals surface area (Å²) >= 11 is 0. The van der Waals surface area contributed by atoms with E-state index in [1.807, 2.05) is 0 Å². The Balaban J connectivity index is 2.67. The van der Waals surface area contributed by atoms with Gasteiger partial charge in [0, 0.05) is 11.3 Å². The van der Waals surface area contributed by atoms with Crippen LogP contribution in [0.25, 0.3) is 10.9 Å². The molecular weight excluding hydrogens is 278 g/mol. The van der Waals surface area contributed by atoms with Crippen molar-refractivity contribution in [1.82, 2.24) is 5.10 Å². The summed E-state index contributed by atoms with van der Waals surface area (Å²) in [6, 6.07) is 7.03. The van der Waals surface area contributed by atoms with Gasteiger partial charge in [0.05, 0.1) is 10.8 Å². The van der Waals surface area contributed by atoms with Gasteiger partial charge >= 0.3 is 0 Å². The van der Waals surface area contributed by atoms with Crippen LogP contribution in [0.1, 0.15) is 19.4 Å². The first-order valence-electron chi connectivity index (χ1n) is 6.08. The Labute approximate surface area is 117 Å². The smallest absolute Gasteiger partial charge is 0.254 e. The highest BCUT2D eigenvalue weighted by Gasteiger charge is 2.16. The van der Waals surface area contributed by atoms with Crippen LogP contribution in [0.2, 0.25) is 0 Å². The Morgan fingerprint density at radius 1 is 1.35 bits per heavy atom. The molecule has 6 nitrogen and oxygen atoms in total. The van der Waals surface area contributed by atoms with Crippen molar-refractivity contribution in [2.24, 2.45) is 11.4 Å². The minimum absolute atomic E-state index is 0.224. The van der Waals surface area contributed by atoms with Gasteiger partial charge < -0.3 is 5.11 Å². The van der Waals surface area contributed by atoms with Gasteiger partial charge in [0.2, 0.25) is 6.20 Å². The van der Waals surface area contributed by atoms with E-state index in [1.54, 1.807) is 31.3 Å². The lowest BCUT2D eigenvalue weighted by molar-refractivity contribution is -0.728. The predicted octanol–water partition coefficient (Wildman–Crippen LogP) is -0.0956. The summed E-state index contributed by atoms with van der Waals surface area (Å²) in [5, 5.41) is 16.2. The maximum absolute atomic E-state index is 12.1. The number of aromatic nitrogens is 2. The van der Waals surface area contributed by atoms with Crippen molar-refractivity contribution in [3.05, 3.63) is 36.0 Å². The van der Waals surface area contributed by atoms with Gasteiger partial charge in [0.15, 0.2) is 7.05 Å². The second-order valence-electron chi connectivity index (χ2n) is 4.69. The van der Waals surface area contributed by atoms with E-state index < -0.39 is 21.2 Å². The van der Waals surface area contributed by atoms with Crippen LogP contribution >= 0.6 is 0 Å². The van der Waals surface area contributed by atoms with Gasteiger partial charge in [0.25, 0.3) is 10.0 Å². The fourth-order valence-corrected chi connectivity index (χ4v) is 2.22. The van der Waals surface area contributed by atoms with Gasteiger partial charge in [-0.3, -0.25) is 0 Å². The molecule has 7 heteroatoms. The van der Waals surface area contributed by atoms with Crippen LogP contribution in [0.5, 0.6) is 0 Å². The zero-order chi connectivity index (χ0) is 14.9. The van der Waals surface area contributed by atoms with E-state index in [0.717, 1.165) is 0 Å². The van der Waals surface area contributed by atoms with E-state index in [2.05, 4.69) is 9.50 Å². The Morgan fingerprint density at radius 2 is 2.00 bits per heavy atom. The van der Waals surface area contributed by atoms with Crippen molar-refractivity contribution in [2.45, 2.75) is 19.1 Å². The fourth-order valence-electron chi connectivity index (χ4n) is 1.68. The Morgan fingerprint density at radius 3 is 2.65 bits per heavy atom. The molecule has 0 amide bonds. The Hall–Kier alpha value is -2.02. The molecule has 2 rings (SSSR count). The standard InChI is InChI=1S/C13H15N3O3S/c1-9(2)20(18,19)15-13(17)11-8-16(3)14-12-7-5-4-6-10(11)12/h4-9H,1-3H3. The van der Waals surface area contributed by atoms with Gasteiger partial charge in [-0.1, -0.05) is 22.9 Å². The van der Waals surface area contributed by atoms with Crippen molar-refractivity contribution < 1.29 is 18.2 Å². The molecule has 0 aliphatic heterocycles. The third kappa shape index (κ3) is 2.77. The third-order valence-electron chi connectivity index (χ3n) is 2.81. The Bertz CT molecular complexity index is 783. The van der Waals surface area contributed by atoms with Gasteiger partial charge in [-0.2, -0.15) is 4.40 Å². The summed E-state index contributed by atoms with van der Waals surface area (Å²) in [5.41, 5.74) is 0.834. The van der Waals surface area contributed by atoms with Crippen LogP contribution in [0.3, 0.4) is 0 Å². The highest BCUT2D eigenvalue weighted by Crippen LogP contribution is 2.15. The molecule has 1 aromatic carbocycles. The monoisotopic (exact) mass is 293 g/mol. The first-order valence-corrected chi connectivity index (χ1v) is 7.58. The zero-order valence-electron chi connectivity index (χ0n) is 11.4. The molecule has 0 saturated heterocycles. The van der Waals surface area contributed by atoms with Crippen molar-refractivity contribution in [1.29, 1.82) is 0 Å². The second kappa shape index (κ2) is 5.16. The highest BCUT2D eigenvalue weighted by molar-refractivity contribution is 7.90. The van der Waals surface area contributed by atoms with Crippen molar-refractivity contribution in [2.75, 3.05) is 0 Å². The first kappa shape index (κ1) is 14.4. The summed E-state index contributed by atoms with van der Waals surface area (Å²) in [6.45, 7) is 2.97. The van der Waals surface area contributed by atoms with Crippen molar-refractivity contribution in [3.8, 4) is 0 Å². The normalized spacial score (nSPS) is 13.1. The molecule has 0 atom stereocenters. The van der Waals surface area contributed by atoms with E-state index in [9.17, 15) is 13.5 Å². The van der Waals surface area contributed by atoms with E-state index in [1.165, 1.54) is 24.7 Å². The van der Waals surface area contributed by atoms with E-state index in [4.69, 9.17) is 0 Å². The van der Waals surface area contributed by atoms with Crippen LogP contribution < -0.4 is 9.79 Å². The van der Waals surface area contributed by atoms with Crippen molar-refractivity contribution >= 4 is 26.8 Å². The summed E-state index contributed by atoms with van der Waals surface area (Å²) < 4.78 is 28.3. The third-order valence-corrected chi connectivity index (χ3v) is 4.42. The maximum atomic E-state index is 12.1. The van der Waals surface area contributed by atoms with E-state index in [-0.39, 0.29) is 5.56 Å². The lowest BCUT2D eigenvalue weighted by atomic mass is 10.1. The summed E-state index contributed by atoms with van der Waals surface area (Å²) in [7, 11) is -2.11. The van der Waals surface area contributed by atoms with Gasteiger partial charge in [0.1, 0.15) is 5.52 Å². The van der Waals surface area contributed by atoms with Crippen LogP contribution in [0.4, 0.5) is 0 Å². The largest absolute Gasteiger partial charge is 0.857 e.